The zero-order valence-electron chi connectivity index (χ0n) is 10.3. The monoisotopic (exact) mass is 232 g/mol. The molecule has 90 valence electrons. The van der Waals surface area contributed by atoms with Crippen molar-refractivity contribution in [2.75, 3.05) is 21.2 Å². The Bertz CT molecular complexity index is 418. The lowest BCUT2D eigenvalue weighted by Crippen LogP contribution is -2.23. The normalized spacial score (nSPS) is 11.4. The number of carbonyl (C=O) groups is 1. The zero-order valence-corrected chi connectivity index (χ0v) is 10.3. The van der Waals surface area contributed by atoms with Gasteiger partial charge in [0.1, 0.15) is 5.75 Å². The molecule has 17 heavy (non-hydrogen) atoms. The maximum atomic E-state index is 11.6. The summed E-state index contributed by atoms with van der Waals surface area (Å²) in [6, 6.07) is 9.37. The summed E-state index contributed by atoms with van der Waals surface area (Å²) in [5.74, 6) is 0.285. The summed E-state index contributed by atoms with van der Waals surface area (Å²) in [6.07, 6.45) is 0.204. The third kappa shape index (κ3) is 3.49. The Kier molecular flexibility index (Phi) is 4.53. The van der Waals surface area contributed by atoms with E-state index in [9.17, 15) is 4.79 Å². The zero-order chi connectivity index (χ0) is 12.8. The second-order valence-corrected chi connectivity index (χ2v) is 3.95. The number of hydrogen-bond donors (Lipinski definition) is 0. The van der Waals surface area contributed by atoms with E-state index in [1.54, 1.807) is 33.3 Å². The van der Waals surface area contributed by atoms with Crippen molar-refractivity contribution in [3.05, 3.63) is 29.8 Å². The predicted molar refractivity (Wildman–Crippen MR) is 64.7 cm³/mol. The molecule has 1 aromatic rings. The van der Waals surface area contributed by atoms with Crippen LogP contribution < -0.4 is 4.74 Å². The Morgan fingerprint density at radius 1 is 1.41 bits per heavy atom. The average molecular weight is 232 g/mol. The third-order valence-electron chi connectivity index (χ3n) is 2.55. The van der Waals surface area contributed by atoms with Crippen molar-refractivity contribution in [1.29, 1.82) is 5.26 Å². The fourth-order valence-corrected chi connectivity index (χ4v) is 1.43. The molecule has 4 nitrogen and oxygen atoms in total. The molecule has 0 fully saturated rings. The van der Waals surface area contributed by atoms with Gasteiger partial charge in [0.25, 0.3) is 0 Å². The van der Waals surface area contributed by atoms with Gasteiger partial charge >= 0.3 is 0 Å². The lowest BCUT2D eigenvalue weighted by molar-refractivity contribution is -0.128. The molecule has 0 bridgehead atoms. The fraction of sp³-hybridized carbons (Fsp3) is 0.385. The molecule has 1 rings (SSSR count). The van der Waals surface area contributed by atoms with Gasteiger partial charge in [0, 0.05) is 20.5 Å². The molecule has 4 heteroatoms. The summed E-state index contributed by atoms with van der Waals surface area (Å²) in [5, 5.41) is 9.08. The molecule has 1 atom stereocenters. The Labute approximate surface area is 101 Å². The summed E-state index contributed by atoms with van der Waals surface area (Å²) in [7, 11) is 4.96. The molecule has 0 aromatic heterocycles. The van der Waals surface area contributed by atoms with E-state index >= 15 is 0 Å². The van der Waals surface area contributed by atoms with Crippen LogP contribution in [0.2, 0.25) is 0 Å². The first-order chi connectivity index (χ1) is 8.08. The molecule has 0 aliphatic heterocycles. The van der Waals surface area contributed by atoms with Gasteiger partial charge in [0.05, 0.1) is 19.1 Å². The Morgan fingerprint density at radius 3 is 2.41 bits per heavy atom. The van der Waals surface area contributed by atoms with Gasteiger partial charge in [-0.25, -0.2) is 0 Å². The van der Waals surface area contributed by atoms with Gasteiger partial charge in [0.15, 0.2) is 0 Å². The van der Waals surface area contributed by atoms with Crippen LogP contribution in [0.15, 0.2) is 24.3 Å². The molecule has 1 unspecified atom stereocenters. The molecule has 0 saturated heterocycles. The first kappa shape index (κ1) is 13.0. The van der Waals surface area contributed by atoms with E-state index in [0.717, 1.165) is 11.3 Å². The van der Waals surface area contributed by atoms with Crippen LogP contribution in [-0.4, -0.2) is 32.0 Å². The van der Waals surface area contributed by atoms with Crippen molar-refractivity contribution in [3.8, 4) is 11.8 Å². The first-order valence-electron chi connectivity index (χ1n) is 5.32. The standard InChI is InChI=1S/C13H16N2O2/c1-15(2)13(16)8-11(9-14)10-4-6-12(17-3)7-5-10/h4-7,11H,8H2,1-3H3. The van der Waals surface area contributed by atoms with Crippen LogP contribution in [0.25, 0.3) is 0 Å². The van der Waals surface area contributed by atoms with E-state index in [2.05, 4.69) is 6.07 Å². The number of nitriles is 1. The highest BCUT2D eigenvalue weighted by molar-refractivity contribution is 5.77. The van der Waals surface area contributed by atoms with E-state index in [1.807, 2.05) is 12.1 Å². The van der Waals surface area contributed by atoms with Gasteiger partial charge in [-0.3, -0.25) is 4.79 Å². The van der Waals surface area contributed by atoms with Gasteiger partial charge in [-0.15, -0.1) is 0 Å². The Morgan fingerprint density at radius 2 is 2.00 bits per heavy atom. The van der Waals surface area contributed by atoms with Crippen molar-refractivity contribution in [1.82, 2.24) is 4.90 Å². The number of methoxy groups -OCH3 is 1. The maximum absolute atomic E-state index is 11.6. The van der Waals surface area contributed by atoms with Crippen LogP contribution in [0.3, 0.4) is 0 Å². The Balaban J connectivity index is 2.80. The van der Waals surface area contributed by atoms with E-state index < -0.39 is 5.92 Å². The fourth-order valence-electron chi connectivity index (χ4n) is 1.43. The quantitative estimate of drug-likeness (QED) is 0.795. The molecular weight excluding hydrogens is 216 g/mol. The highest BCUT2D eigenvalue weighted by Crippen LogP contribution is 2.22. The van der Waals surface area contributed by atoms with Gasteiger partial charge in [0.2, 0.25) is 5.91 Å². The smallest absolute Gasteiger partial charge is 0.223 e. The third-order valence-corrected chi connectivity index (χ3v) is 2.55. The number of hydrogen-bond acceptors (Lipinski definition) is 3. The van der Waals surface area contributed by atoms with Crippen LogP contribution in [0.5, 0.6) is 5.75 Å². The van der Waals surface area contributed by atoms with Gasteiger partial charge in [-0.1, -0.05) is 12.1 Å². The Hall–Kier alpha value is -2.02. The summed E-state index contributed by atoms with van der Waals surface area (Å²) in [6.45, 7) is 0. The SMILES string of the molecule is COc1ccc(C(C#N)CC(=O)N(C)C)cc1. The highest BCUT2D eigenvalue weighted by Gasteiger charge is 2.16. The molecule has 1 aromatic carbocycles. The molecule has 1 amide bonds. The van der Waals surface area contributed by atoms with Crippen molar-refractivity contribution in [2.45, 2.75) is 12.3 Å². The molecular formula is C13H16N2O2. The summed E-state index contributed by atoms with van der Waals surface area (Å²) >= 11 is 0. The number of amides is 1. The van der Waals surface area contributed by atoms with Gasteiger partial charge in [-0.05, 0) is 17.7 Å². The van der Waals surface area contributed by atoms with Crippen LogP contribution >= 0.6 is 0 Å². The van der Waals surface area contributed by atoms with Crippen LogP contribution in [-0.2, 0) is 4.79 Å². The van der Waals surface area contributed by atoms with Gasteiger partial charge < -0.3 is 9.64 Å². The number of rotatable bonds is 4. The minimum atomic E-state index is -0.407. The van der Waals surface area contributed by atoms with E-state index in [-0.39, 0.29) is 12.3 Å². The summed E-state index contributed by atoms with van der Waals surface area (Å²) in [4.78, 5) is 13.1. The van der Waals surface area contributed by atoms with E-state index in [1.165, 1.54) is 4.90 Å². The lowest BCUT2D eigenvalue weighted by Gasteiger charge is -2.14. The van der Waals surface area contributed by atoms with Crippen LogP contribution in [0.1, 0.15) is 17.9 Å². The maximum Gasteiger partial charge on any atom is 0.223 e. The van der Waals surface area contributed by atoms with Gasteiger partial charge in [-0.2, -0.15) is 5.26 Å². The number of benzene rings is 1. The largest absolute Gasteiger partial charge is 0.497 e. The lowest BCUT2D eigenvalue weighted by atomic mass is 9.96. The molecule has 0 aliphatic carbocycles. The van der Waals surface area contributed by atoms with E-state index in [4.69, 9.17) is 10.00 Å². The molecule has 0 saturated carbocycles. The summed E-state index contributed by atoms with van der Waals surface area (Å²) in [5.41, 5.74) is 0.837. The molecule has 0 aliphatic rings. The highest BCUT2D eigenvalue weighted by atomic mass is 16.5. The van der Waals surface area contributed by atoms with Crippen molar-refractivity contribution in [3.63, 3.8) is 0 Å². The minimum Gasteiger partial charge on any atom is -0.497 e. The first-order valence-corrected chi connectivity index (χ1v) is 5.32. The topological polar surface area (TPSA) is 53.3 Å². The number of nitrogens with zero attached hydrogens (tertiary/aromatic N) is 2. The van der Waals surface area contributed by atoms with E-state index in [0.29, 0.717) is 0 Å². The molecule has 0 N–H and O–H groups in total. The second-order valence-electron chi connectivity index (χ2n) is 3.95. The van der Waals surface area contributed by atoms with Crippen molar-refractivity contribution < 1.29 is 9.53 Å². The number of carbonyl (C=O) groups excluding carboxylic acids is 1. The minimum absolute atomic E-state index is 0.0487. The predicted octanol–water partition coefficient (Wildman–Crippen LogP) is 1.78. The average Bonchev–Trinajstić information content (AvgIpc) is 2.35. The number of ether oxygens (including phenoxy) is 1. The summed E-state index contributed by atoms with van der Waals surface area (Å²) < 4.78 is 5.04. The molecule has 0 heterocycles. The second kappa shape index (κ2) is 5.90. The molecule has 0 spiro atoms. The van der Waals surface area contributed by atoms with Crippen molar-refractivity contribution >= 4 is 5.91 Å². The molecule has 0 radical (unpaired) electrons. The van der Waals surface area contributed by atoms with Crippen molar-refractivity contribution in [2.24, 2.45) is 0 Å². The van der Waals surface area contributed by atoms with Crippen LogP contribution in [0, 0.1) is 11.3 Å². The van der Waals surface area contributed by atoms with Crippen LogP contribution in [0.4, 0.5) is 0 Å².